The van der Waals surface area contributed by atoms with Crippen molar-refractivity contribution in [3.05, 3.63) is 11.4 Å². The minimum atomic E-state index is 0.0281. The summed E-state index contributed by atoms with van der Waals surface area (Å²) in [6.45, 7) is 4.60. The first-order valence-electron chi connectivity index (χ1n) is 6.20. The molecule has 0 heterocycles. The SMILES string of the molecule is CC(C)CCO.OCCC1=C(F)CCCC1. The van der Waals surface area contributed by atoms with Crippen LogP contribution in [0.4, 0.5) is 4.39 Å². The molecular weight excluding hydrogens is 207 g/mol. The van der Waals surface area contributed by atoms with Crippen LogP contribution in [0, 0.1) is 5.92 Å². The van der Waals surface area contributed by atoms with Crippen LogP contribution in [-0.4, -0.2) is 23.4 Å². The van der Waals surface area contributed by atoms with E-state index < -0.39 is 0 Å². The highest BCUT2D eigenvalue weighted by molar-refractivity contribution is 5.10. The summed E-state index contributed by atoms with van der Waals surface area (Å²) >= 11 is 0. The molecule has 0 aromatic heterocycles. The van der Waals surface area contributed by atoms with Crippen molar-refractivity contribution in [2.45, 2.75) is 52.4 Å². The van der Waals surface area contributed by atoms with Crippen LogP contribution in [0.5, 0.6) is 0 Å². The van der Waals surface area contributed by atoms with E-state index in [1.165, 1.54) is 0 Å². The van der Waals surface area contributed by atoms with Gasteiger partial charge in [-0.2, -0.15) is 0 Å². The predicted octanol–water partition coefficient (Wildman–Crippen LogP) is 3.19. The van der Waals surface area contributed by atoms with E-state index in [0.717, 1.165) is 31.3 Å². The topological polar surface area (TPSA) is 40.5 Å². The molecule has 1 aliphatic rings. The van der Waals surface area contributed by atoms with E-state index in [9.17, 15) is 4.39 Å². The Bertz CT molecular complexity index is 200. The van der Waals surface area contributed by atoms with Crippen LogP contribution in [0.3, 0.4) is 0 Å². The summed E-state index contributed by atoms with van der Waals surface area (Å²) < 4.78 is 12.8. The third kappa shape index (κ3) is 7.83. The summed E-state index contributed by atoms with van der Waals surface area (Å²) in [6.07, 6.45) is 4.97. The molecule has 0 saturated heterocycles. The zero-order valence-electron chi connectivity index (χ0n) is 10.5. The van der Waals surface area contributed by atoms with Gasteiger partial charge in [-0.05, 0) is 50.0 Å². The Hall–Kier alpha value is -0.410. The van der Waals surface area contributed by atoms with E-state index in [1.807, 2.05) is 0 Å². The molecule has 0 aromatic rings. The smallest absolute Gasteiger partial charge is 0.0992 e. The molecule has 0 saturated carbocycles. The highest BCUT2D eigenvalue weighted by Gasteiger charge is 2.10. The van der Waals surface area contributed by atoms with Crippen molar-refractivity contribution >= 4 is 0 Å². The molecule has 0 aromatic carbocycles. The molecule has 0 amide bonds. The molecule has 0 spiro atoms. The van der Waals surface area contributed by atoms with Crippen molar-refractivity contribution in [2.24, 2.45) is 5.92 Å². The Labute approximate surface area is 98.2 Å². The van der Waals surface area contributed by atoms with Gasteiger partial charge in [0.05, 0.1) is 5.83 Å². The Morgan fingerprint density at radius 1 is 1.12 bits per heavy atom. The maximum absolute atomic E-state index is 12.8. The molecule has 96 valence electrons. The van der Waals surface area contributed by atoms with Gasteiger partial charge in [-0.3, -0.25) is 0 Å². The molecule has 0 fully saturated rings. The van der Waals surface area contributed by atoms with Crippen LogP contribution in [0.1, 0.15) is 52.4 Å². The second-order valence-corrected chi connectivity index (χ2v) is 4.60. The Morgan fingerprint density at radius 3 is 2.12 bits per heavy atom. The van der Waals surface area contributed by atoms with Crippen molar-refractivity contribution in [3.63, 3.8) is 0 Å². The summed E-state index contributed by atoms with van der Waals surface area (Å²) in [5.74, 6) is 0.676. The fraction of sp³-hybridized carbons (Fsp3) is 0.846. The standard InChI is InChI=1S/C8H13FO.C5H12O/c9-8-4-2-1-3-7(8)5-6-10;1-5(2)3-4-6/h10H,1-6H2;5-6H,3-4H2,1-2H3. The van der Waals surface area contributed by atoms with Gasteiger partial charge in [0, 0.05) is 13.2 Å². The Morgan fingerprint density at radius 2 is 1.75 bits per heavy atom. The van der Waals surface area contributed by atoms with E-state index >= 15 is 0 Å². The first kappa shape index (κ1) is 15.6. The van der Waals surface area contributed by atoms with Crippen molar-refractivity contribution in [1.82, 2.24) is 0 Å². The number of hydrogen-bond donors (Lipinski definition) is 2. The van der Waals surface area contributed by atoms with Crippen LogP contribution in [0.2, 0.25) is 0 Å². The van der Waals surface area contributed by atoms with Gasteiger partial charge >= 0.3 is 0 Å². The minimum absolute atomic E-state index is 0.0281. The lowest BCUT2D eigenvalue weighted by atomic mass is 9.96. The maximum atomic E-state index is 12.8. The molecule has 2 nitrogen and oxygen atoms in total. The van der Waals surface area contributed by atoms with Gasteiger partial charge in [0.1, 0.15) is 0 Å². The van der Waals surface area contributed by atoms with E-state index in [1.54, 1.807) is 0 Å². The van der Waals surface area contributed by atoms with Gasteiger partial charge < -0.3 is 10.2 Å². The minimum Gasteiger partial charge on any atom is -0.396 e. The van der Waals surface area contributed by atoms with Gasteiger partial charge in [0.15, 0.2) is 0 Å². The first-order chi connectivity index (χ1) is 7.61. The zero-order valence-corrected chi connectivity index (χ0v) is 10.5. The molecule has 0 aliphatic heterocycles. The van der Waals surface area contributed by atoms with Crippen LogP contribution < -0.4 is 0 Å². The van der Waals surface area contributed by atoms with Crippen molar-refractivity contribution in [3.8, 4) is 0 Å². The number of rotatable bonds is 4. The average Bonchev–Trinajstić information content (AvgIpc) is 2.22. The van der Waals surface area contributed by atoms with Gasteiger partial charge in [-0.1, -0.05) is 13.8 Å². The fourth-order valence-electron chi connectivity index (χ4n) is 1.58. The molecule has 0 atom stereocenters. The average molecular weight is 232 g/mol. The number of halogens is 1. The largest absolute Gasteiger partial charge is 0.396 e. The molecule has 0 radical (unpaired) electrons. The molecule has 3 heteroatoms. The maximum Gasteiger partial charge on any atom is 0.0992 e. The molecule has 0 bridgehead atoms. The number of allylic oxidation sites excluding steroid dienone is 1. The van der Waals surface area contributed by atoms with Gasteiger partial charge in [-0.25, -0.2) is 4.39 Å². The molecule has 0 unspecified atom stereocenters. The summed E-state index contributed by atoms with van der Waals surface area (Å²) in [5.41, 5.74) is 0.841. The quantitative estimate of drug-likeness (QED) is 0.781. The highest BCUT2D eigenvalue weighted by Crippen LogP contribution is 2.27. The third-order valence-electron chi connectivity index (χ3n) is 2.63. The van der Waals surface area contributed by atoms with Crippen LogP contribution in [-0.2, 0) is 0 Å². The predicted molar refractivity (Wildman–Crippen MR) is 64.8 cm³/mol. The number of hydrogen-bond acceptors (Lipinski definition) is 2. The highest BCUT2D eigenvalue weighted by atomic mass is 19.1. The lowest BCUT2D eigenvalue weighted by Gasteiger charge is -2.13. The summed E-state index contributed by atoms with van der Waals surface area (Å²) in [5, 5.41) is 16.8. The van der Waals surface area contributed by atoms with Crippen LogP contribution in [0.25, 0.3) is 0 Å². The molecular formula is C13H25FO2. The van der Waals surface area contributed by atoms with Crippen LogP contribution in [0.15, 0.2) is 11.4 Å². The second-order valence-electron chi connectivity index (χ2n) is 4.60. The third-order valence-corrected chi connectivity index (χ3v) is 2.63. The molecule has 1 rings (SSSR count). The molecule has 16 heavy (non-hydrogen) atoms. The molecule has 1 aliphatic carbocycles. The monoisotopic (exact) mass is 232 g/mol. The van der Waals surface area contributed by atoms with Crippen molar-refractivity contribution in [2.75, 3.05) is 13.2 Å². The normalized spacial score (nSPS) is 16.1. The summed E-state index contributed by atoms with van der Waals surface area (Å²) in [6, 6.07) is 0. The van der Waals surface area contributed by atoms with Crippen molar-refractivity contribution < 1.29 is 14.6 Å². The Balaban J connectivity index is 0.000000325. The van der Waals surface area contributed by atoms with Crippen LogP contribution >= 0.6 is 0 Å². The summed E-state index contributed by atoms with van der Waals surface area (Å²) in [4.78, 5) is 0. The first-order valence-corrected chi connectivity index (χ1v) is 6.20. The van der Waals surface area contributed by atoms with E-state index in [-0.39, 0.29) is 12.4 Å². The number of aliphatic hydroxyl groups is 2. The second kappa shape index (κ2) is 9.79. The Kier molecular flexibility index (Phi) is 9.54. The van der Waals surface area contributed by atoms with E-state index in [2.05, 4.69) is 13.8 Å². The van der Waals surface area contributed by atoms with Gasteiger partial charge in [0.25, 0.3) is 0 Å². The molecule has 2 N–H and O–H groups in total. The van der Waals surface area contributed by atoms with E-state index in [4.69, 9.17) is 10.2 Å². The van der Waals surface area contributed by atoms with Crippen molar-refractivity contribution in [1.29, 1.82) is 0 Å². The van der Waals surface area contributed by atoms with Gasteiger partial charge in [-0.15, -0.1) is 0 Å². The number of aliphatic hydroxyl groups excluding tert-OH is 2. The lowest BCUT2D eigenvalue weighted by molar-refractivity contribution is 0.268. The lowest BCUT2D eigenvalue weighted by Crippen LogP contribution is -1.98. The fourth-order valence-corrected chi connectivity index (χ4v) is 1.58. The van der Waals surface area contributed by atoms with Gasteiger partial charge in [0.2, 0.25) is 0 Å². The summed E-state index contributed by atoms with van der Waals surface area (Å²) in [7, 11) is 0. The van der Waals surface area contributed by atoms with E-state index in [0.29, 0.717) is 25.4 Å². The zero-order chi connectivity index (χ0) is 12.4.